The molecule has 2 saturated carbocycles. The van der Waals surface area contributed by atoms with Crippen molar-refractivity contribution in [2.45, 2.75) is 32.2 Å². The SMILES string of the molecule is OB(O)c1ccccc1CN(CC1CC1)CC1CC1. The quantitative estimate of drug-likeness (QED) is 0.718. The molecule has 0 saturated heterocycles. The van der Waals surface area contributed by atoms with Gasteiger partial charge in [-0.25, -0.2) is 0 Å². The van der Waals surface area contributed by atoms with E-state index in [0.717, 1.165) is 23.9 Å². The maximum atomic E-state index is 9.44. The summed E-state index contributed by atoms with van der Waals surface area (Å²) < 4.78 is 0. The van der Waals surface area contributed by atoms with Crippen LogP contribution in [0.5, 0.6) is 0 Å². The number of hydrogen-bond acceptors (Lipinski definition) is 3. The van der Waals surface area contributed by atoms with Crippen LogP contribution in [0.3, 0.4) is 0 Å². The van der Waals surface area contributed by atoms with Crippen LogP contribution in [0.25, 0.3) is 0 Å². The number of benzene rings is 1. The Hall–Kier alpha value is -0.835. The third kappa shape index (κ3) is 3.82. The summed E-state index contributed by atoms with van der Waals surface area (Å²) in [5, 5.41) is 18.9. The van der Waals surface area contributed by atoms with Gasteiger partial charge in [-0.2, -0.15) is 0 Å². The van der Waals surface area contributed by atoms with E-state index >= 15 is 0 Å². The first kappa shape index (κ1) is 13.2. The molecular formula is C15H22BNO2. The highest BCUT2D eigenvalue weighted by Crippen LogP contribution is 2.34. The maximum Gasteiger partial charge on any atom is 0.488 e. The second kappa shape index (κ2) is 5.65. The van der Waals surface area contributed by atoms with Gasteiger partial charge in [0.25, 0.3) is 0 Å². The average Bonchev–Trinajstić information content (AvgIpc) is 3.25. The van der Waals surface area contributed by atoms with E-state index in [-0.39, 0.29) is 0 Å². The molecule has 0 bridgehead atoms. The van der Waals surface area contributed by atoms with E-state index in [4.69, 9.17) is 0 Å². The summed E-state index contributed by atoms with van der Waals surface area (Å²) >= 11 is 0. The van der Waals surface area contributed by atoms with Crippen LogP contribution in [0.1, 0.15) is 31.2 Å². The molecule has 0 amide bonds. The maximum absolute atomic E-state index is 9.44. The van der Waals surface area contributed by atoms with Gasteiger partial charge in [-0.15, -0.1) is 0 Å². The molecular weight excluding hydrogens is 237 g/mol. The molecule has 0 unspecified atom stereocenters. The van der Waals surface area contributed by atoms with Crippen LogP contribution in [0.4, 0.5) is 0 Å². The molecule has 2 fully saturated rings. The van der Waals surface area contributed by atoms with Gasteiger partial charge in [0.15, 0.2) is 0 Å². The van der Waals surface area contributed by atoms with E-state index < -0.39 is 7.12 Å². The molecule has 3 rings (SSSR count). The van der Waals surface area contributed by atoms with Crippen LogP contribution in [0, 0.1) is 11.8 Å². The van der Waals surface area contributed by atoms with Crippen LogP contribution < -0.4 is 5.46 Å². The molecule has 102 valence electrons. The molecule has 1 aromatic rings. The average molecular weight is 259 g/mol. The van der Waals surface area contributed by atoms with Gasteiger partial charge < -0.3 is 10.0 Å². The zero-order chi connectivity index (χ0) is 13.2. The zero-order valence-electron chi connectivity index (χ0n) is 11.3. The van der Waals surface area contributed by atoms with E-state index in [1.807, 2.05) is 24.3 Å². The fourth-order valence-corrected chi connectivity index (χ4v) is 2.71. The Balaban J connectivity index is 1.68. The molecule has 0 aromatic heterocycles. The molecule has 0 aliphatic heterocycles. The van der Waals surface area contributed by atoms with Crippen molar-refractivity contribution < 1.29 is 10.0 Å². The molecule has 0 radical (unpaired) electrons. The Morgan fingerprint density at radius 1 is 1.00 bits per heavy atom. The van der Waals surface area contributed by atoms with Crippen molar-refractivity contribution >= 4 is 12.6 Å². The lowest BCUT2D eigenvalue weighted by atomic mass is 9.77. The van der Waals surface area contributed by atoms with Gasteiger partial charge in [0.1, 0.15) is 0 Å². The number of hydrogen-bond donors (Lipinski definition) is 2. The predicted molar refractivity (Wildman–Crippen MR) is 77.0 cm³/mol. The topological polar surface area (TPSA) is 43.7 Å². The predicted octanol–water partition coefficient (Wildman–Crippen LogP) is 0.988. The van der Waals surface area contributed by atoms with Gasteiger partial charge in [-0.1, -0.05) is 24.3 Å². The molecule has 0 atom stereocenters. The fourth-order valence-electron chi connectivity index (χ4n) is 2.71. The van der Waals surface area contributed by atoms with Crippen molar-refractivity contribution in [2.75, 3.05) is 13.1 Å². The highest BCUT2D eigenvalue weighted by atomic mass is 16.4. The van der Waals surface area contributed by atoms with Crippen molar-refractivity contribution in [3.63, 3.8) is 0 Å². The minimum absolute atomic E-state index is 0.652. The first-order valence-corrected chi connectivity index (χ1v) is 7.38. The number of nitrogens with zero attached hydrogens (tertiary/aromatic N) is 1. The minimum atomic E-state index is -1.36. The lowest BCUT2D eigenvalue weighted by Crippen LogP contribution is -2.36. The van der Waals surface area contributed by atoms with Gasteiger partial charge in [-0.05, 0) is 48.5 Å². The summed E-state index contributed by atoms with van der Waals surface area (Å²) in [6.07, 6.45) is 5.47. The fraction of sp³-hybridized carbons (Fsp3) is 0.600. The summed E-state index contributed by atoms with van der Waals surface area (Å²) in [5.74, 6) is 1.76. The van der Waals surface area contributed by atoms with Crippen LogP contribution in [-0.2, 0) is 6.54 Å². The van der Waals surface area contributed by atoms with Crippen molar-refractivity contribution in [2.24, 2.45) is 11.8 Å². The van der Waals surface area contributed by atoms with Gasteiger partial charge in [0.05, 0.1) is 0 Å². The van der Waals surface area contributed by atoms with E-state index in [1.54, 1.807) is 0 Å². The Morgan fingerprint density at radius 3 is 2.11 bits per heavy atom. The Labute approximate surface area is 115 Å². The molecule has 3 nitrogen and oxygen atoms in total. The summed E-state index contributed by atoms with van der Waals surface area (Å²) in [6.45, 7) is 3.19. The van der Waals surface area contributed by atoms with E-state index in [9.17, 15) is 10.0 Å². The molecule has 2 aliphatic rings. The molecule has 0 spiro atoms. The monoisotopic (exact) mass is 259 g/mol. The molecule has 2 N–H and O–H groups in total. The Morgan fingerprint density at radius 2 is 1.58 bits per heavy atom. The van der Waals surface area contributed by atoms with Gasteiger partial charge in [0.2, 0.25) is 0 Å². The number of rotatable bonds is 7. The first-order chi connectivity index (χ1) is 9.22. The van der Waals surface area contributed by atoms with Crippen LogP contribution in [0.2, 0.25) is 0 Å². The van der Waals surface area contributed by atoms with Crippen molar-refractivity contribution in [3.8, 4) is 0 Å². The molecule has 2 aliphatic carbocycles. The first-order valence-electron chi connectivity index (χ1n) is 7.38. The van der Waals surface area contributed by atoms with Crippen molar-refractivity contribution in [3.05, 3.63) is 29.8 Å². The highest BCUT2D eigenvalue weighted by Gasteiger charge is 2.29. The normalized spacial score (nSPS) is 18.9. The van der Waals surface area contributed by atoms with Crippen LogP contribution >= 0.6 is 0 Å². The second-order valence-electron chi connectivity index (χ2n) is 6.15. The third-order valence-electron chi connectivity index (χ3n) is 4.15. The minimum Gasteiger partial charge on any atom is -0.423 e. The van der Waals surface area contributed by atoms with Crippen LogP contribution in [0.15, 0.2) is 24.3 Å². The van der Waals surface area contributed by atoms with E-state index in [1.165, 1.54) is 38.8 Å². The molecule has 19 heavy (non-hydrogen) atoms. The van der Waals surface area contributed by atoms with Crippen molar-refractivity contribution in [1.82, 2.24) is 4.90 Å². The Bertz CT molecular complexity index is 416. The smallest absolute Gasteiger partial charge is 0.423 e. The highest BCUT2D eigenvalue weighted by molar-refractivity contribution is 6.59. The van der Waals surface area contributed by atoms with Crippen molar-refractivity contribution in [1.29, 1.82) is 0 Å². The molecule has 4 heteroatoms. The third-order valence-corrected chi connectivity index (χ3v) is 4.15. The van der Waals surface area contributed by atoms with Gasteiger partial charge in [-0.3, -0.25) is 4.90 Å². The summed E-state index contributed by atoms with van der Waals surface area (Å²) in [5.41, 5.74) is 1.71. The largest absolute Gasteiger partial charge is 0.488 e. The van der Waals surface area contributed by atoms with Gasteiger partial charge >= 0.3 is 7.12 Å². The second-order valence-corrected chi connectivity index (χ2v) is 6.15. The summed E-state index contributed by atoms with van der Waals surface area (Å²) in [4.78, 5) is 2.51. The van der Waals surface area contributed by atoms with E-state index in [0.29, 0.717) is 5.46 Å². The lowest BCUT2D eigenvalue weighted by molar-refractivity contribution is 0.244. The standard InChI is InChI=1S/C15H22BNO2/c18-16(19)15-4-2-1-3-14(15)11-17(9-12-5-6-12)10-13-7-8-13/h1-4,12-13,18-19H,5-11H2. The summed E-state index contributed by atoms with van der Waals surface area (Å²) in [7, 11) is -1.36. The Kier molecular flexibility index (Phi) is 3.92. The lowest BCUT2D eigenvalue weighted by Gasteiger charge is -2.23. The van der Waals surface area contributed by atoms with Gasteiger partial charge in [0, 0.05) is 19.6 Å². The molecule has 0 heterocycles. The van der Waals surface area contributed by atoms with E-state index in [2.05, 4.69) is 4.90 Å². The summed E-state index contributed by atoms with van der Waals surface area (Å²) in [6, 6.07) is 7.67. The molecule has 1 aromatic carbocycles. The van der Waals surface area contributed by atoms with Crippen LogP contribution in [-0.4, -0.2) is 35.2 Å². The zero-order valence-corrected chi connectivity index (χ0v) is 11.3.